The van der Waals surface area contributed by atoms with Gasteiger partial charge >= 0.3 is 0 Å². The highest BCUT2D eigenvalue weighted by molar-refractivity contribution is 5.99. The maximum atomic E-state index is 13.9. The number of pyridine rings is 1. The molecule has 0 unspecified atom stereocenters. The van der Waals surface area contributed by atoms with Crippen LogP contribution in [0.25, 0.3) is 11.4 Å². The van der Waals surface area contributed by atoms with E-state index in [2.05, 4.69) is 71.2 Å². The van der Waals surface area contributed by atoms with Crippen LogP contribution >= 0.6 is 0 Å². The number of unbranched alkanes of at least 4 members (excludes halogenated alkanes) is 1. The molecule has 8 rings (SSSR count). The Kier molecular flexibility index (Phi) is 12.9. The first-order chi connectivity index (χ1) is 32.9. The van der Waals surface area contributed by atoms with E-state index in [9.17, 15) is 14.0 Å². The van der Waals surface area contributed by atoms with E-state index in [1.54, 1.807) is 66.8 Å². The van der Waals surface area contributed by atoms with Crippen molar-refractivity contribution in [2.24, 2.45) is 7.05 Å². The third kappa shape index (κ3) is 11.2. The van der Waals surface area contributed by atoms with Gasteiger partial charge in [0.05, 0.1) is 29.6 Å². The standard InChI is InChI=1S/C45H53FN16O3/c1-47-45(64)41-36(54-35-13-7-12-34(42(35)65-3)43-52-29-59(2)58-43)24-39(56-57-41)55-37-15-14-30(26-49-37)44(63)48-16-4-5-17-60-19-21-61(22-20-60)40-25-38(50-28-51-40)53-32-10-8-18-62(27-32)33-11-6-9-31(46)23-33/h6-7,9,11-15,23-26,28-29,32H,4-5,8,10,16-22,27H2,1-3H3,(H,47,64)(H,48,63)(H,50,51,53)(H2,49,54,55,56)/t32-/m1/s1/i1D3. The molecule has 0 radical (unpaired) electrons. The molecule has 0 spiro atoms. The molecule has 0 saturated carbocycles. The highest BCUT2D eigenvalue weighted by Crippen LogP contribution is 2.37. The number of hydrogen-bond acceptors (Lipinski definition) is 16. The average molecular weight is 888 g/mol. The largest absolute Gasteiger partial charge is 0.494 e. The van der Waals surface area contributed by atoms with Crippen LogP contribution in [0.5, 0.6) is 5.75 Å². The molecule has 2 aromatic carbocycles. The Hall–Kier alpha value is -7.48. The van der Waals surface area contributed by atoms with Crippen molar-refractivity contribution >= 4 is 52.1 Å². The van der Waals surface area contributed by atoms with E-state index in [1.807, 2.05) is 17.4 Å². The van der Waals surface area contributed by atoms with Gasteiger partial charge in [-0.15, -0.1) is 10.2 Å². The van der Waals surface area contributed by atoms with E-state index in [0.717, 1.165) is 88.8 Å². The number of nitrogens with zero attached hydrogens (tertiary/aromatic N) is 11. The molecule has 1 atom stereocenters. The quantitative estimate of drug-likeness (QED) is 0.0775. The smallest absolute Gasteiger partial charge is 0.273 e. The third-order valence-electron chi connectivity index (χ3n) is 11.2. The van der Waals surface area contributed by atoms with E-state index in [1.165, 1.54) is 25.4 Å². The van der Waals surface area contributed by atoms with Crippen LogP contribution in [0, 0.1) is 5.82 Å². The lowest BCUT2D eigenvalue weighted by Crippen LogP contribution is -2.47. The molecule has 65 heavy (non-hydrogen) atoms. The van der Waals surface area contributed by atoms with Crippen molar-refractivity contribution in [1.82, 2.24) is 55.4 Å². The predicted molar refractivity (Wildman–Crippen MR) is 247 cm³/mol. The molecule has 5 N–H and O–H groups in total. The Balaban J connectivity index is 0.789. The molecule has 0 aliphatic carbocycles. The number of halogens is 1. The monoisotopic (exact) mass is 887 g/mol. The molecule has 6 heterocycles. The van der Waals surface area contributed by atoms with Crippen molar-refractivity contribution in [3.8, 4) is 17.1 Å². The van der Waals surface area contributed by atoms with Gasteiger partial charge in [0.2, 0.25) is 0 Å². The van der Waals surface area contributed by atoms with Gasteiger partial charge in [-0.05, 0) is 74.7 Å². The number of para-hydroxylation sites is 1. The third-order valence-corrected chi connectivity index (χ3v) is 11.2. The summed E-state index contributed by atoms with van der Waals surface area (Å²) in [4.78, 5) is 50.8. The van der Waals surface area contributed by atoms with Crippen molar-refractivity contribution in [3.05, 3.63) is 103 Å². The van der Waals surface area contributed by atoms with E-state index >= 15 is 0 Å². The minimum Gasteiger partial charge on any atom is -0.494 e. The van der Waals surface area contributed by atoms with Gasteiger partial charge in [0, 0.05) is 94.0 Å². The van der Waals surface area contributed by atoms with Crippen LogP contribution in [-0.2, 0) is 7.05 Å². The molecule has 2 amide bonds. The Morgan fingerprint density at radius 3 is 2.52 bits per heavy atom. The highest BCUT2D eigenvalue weighted by atomic mass is 19.1. The number of anilines is 7. The van der Waals surface area contributed by atoms with E-state index in [4.69, 9.17) is 8.85 Å². The lowest BCUT2D eigenvalue weighted by atomic mass is 10.0. The molecular weight excluding hydrogens is 832 g/mol. The minimum atomic E-state index is -2.77. The zero-order chi connectivity index (χ0) is 47.6. The Labute approximate surface area is 380 Å². The van der Waals surface area contributed by atoms with Crippen molar-refractivity contribution < 1.29 is 22.8 Å². The van der Waals surface area contributed by atoms with Crippen LogP contribution in [0.3, 0.4) is 0 Å². The lowest BCUT2D eigenvalue weighted by Gasteiger charge is -2.36. The summed E-state index contributed by atoms with van der Waals surface area (Å²) in [6.45, 7) is 3.81. The number of ether oxygens (including phenoxy) is 1. The Morgan fingerprint density at radius 1 is 0.862 bits per heavy atom. The Morgan fingerprint density at radius 2 is 1.74 bits per heavy atom. The molecule has 20 heteroatoms. The number of benzene rings is 2. The number of amides is 2. The summed E-state index contributed by atoms with van der Waals surface area (Å²) in [5, 5.41) is 27.2. The number of hydrogen-bond donors (Lipinski definition) is 5. The summed E-state index contributed by atoms with van der Waals surface area (Å²) < 4.78 is 43.7. The second kappa shape index (κ2) is 20.8. The van der Waals surface area contributed by atoms with Crippen molar-refractivity contribution in [2.75, 3.05) is 92.2 Å². The summed E-state index contributed by atoms with van der Waals surface area (Å²) in [6, 6.07) is 18.9. The Bertz CT molecular complexity index is 2680. The number of rotatable bonds is 17. The van der Waals surface area contributed by atoms with Crippen LogP contribution in [-0.4, -0.2) is 129 Å². The first-order valence-corrected chi connectivity index (χ1v) is 21.5. The molecule has 0 bridgehead atoms. The number of aromatic nitrogens is 8. The number of piperazine rings is 1. The second-order valence-electron chi connectivity index (χ2n) is 15.7. The van der Waals surface area contributed by atoms with Crippen molar-refractivity contribution in [2.45, 2.75) is 31.7 Å². The molecule has 6 aromatic rings. The first kappa shape index (κ1) is 40.3. The summed E-state index contributed by atoms with van der Waals surface area (Å²) in [5.41, 5.74) is 2.09. The van der Waals surface area contributed by atoms with Gasteiger partial charge in [-0.3, -0.25) is 19.2 Å². The van der Waals surface area contributed by atoms with Crippen LogP contribution in [0.15, 0.2) is 85.6 Å². The number of piperidine rings is 1. The predicted octanol–water partition coefficient (Wildman–Crippen LogP) is 4.86. The molecule has 2 fully saturated rings. The first-order valence-electron chi connectivity index (χ1n) is 23.0. The zero-order valence-electron chi connectivity index (χ0n) is 39.2. The maximum absolute atomic E-state index is 13.9. The summed E-state index contributed by atoms with van der Waals surface area (Å²) >= 11 is 0. The van der Waals surface area contributed by atoms with Gasteiger partial charge in [-0.2, -0.15) is 5.10 Å². The molecule has 4 aromatic heterocycles. The number of aryl methyl sites for hydroxylation is 1. The van der Waals surface area contributed by atoms with E-state index in [-0.39, 0.29) is 35.0 Å². The minimum absolute atomic E-state index is 0.115. The summed E-state index contributed by atoms with van der Waals surface area (Å²) in [7, 11) is 3.22. The lowest BCUT2D eigenvalue weighted by molar-refractivity contribution is 0.0946. The fourth-order valence-corrected chi connectivity index (χ4v) is 7.92. The summed E-state index contributed by atoms with van der Waals surface area (Å²) in [5.74, 6) is 1.52. The van der Waals surface area contributed by atoms with E-state index in [0.29, 0.717) is 40.8 Å². The number of carbonyl (C=O) groups excluding carboxylic acids is 2. The van der Waals surface area contributed by atoms with Gasteiger partial charge in [0.1, 0.15) is 35.9 Å². The molecule has 2 aliphatic heterocycles. The van der Waals surface area contributed by atoms with Crippen LogP contribution in [0.2, 0.25) is 0 Å². The average Bonchev–Trinajstić information content (AvgIpc) is 3.77. The topological polar surface area (TPSA) is 208 Å². The molecular formula is C45H53FN16O3. The van der Waals surface area contributed by atoms with Gasteiger partial charge in [0.25, 0.3) is 11.8 Å². The van der Waals surface area contributed by atoms with Gasteiger partial charge in [-0.1, -0.05) is 12.1 Å². The maximum Gasteiger partial charge on any atom is 0.273 e. The molecule has 338 valence electrons. The fraction of sp³-hybridized carbons (Fsp3) is 0.356. The van der Waals surface area contributed by atoms with Gasteiger partial charge < -0.3 is 41.1 Å². The SMILES string of the molecule is [2H]C([2H])([2H])NC(=O)c1nnc(Nc2ccc(C(=O)NCCCCN3CCN(c4cc(N[C@@H]5CCCN(c6cccc(F)c6)C5)ncn4)CC3)cn2)cc1Nc1cccc(-c2ncn(C)n2)c1OC. The molecule has 2 aliphatic rings. The van der Waals surface area contributed by atoms with Crippen LogP contribution in [0.1, 0.15) is 50.6 Å². The summed E-state index contributed by atoms with van der Waals surface area (Å²) in [6.07, 6.45) is 8.35. The zero-order valence-corrected chi connectivity index (χ0v) is 36.2. The van der Waals surface area contributed by atoms with Gasteiger partial charge in [0.15, 0.2) is 23.1 Å². The molecule has 19 nitrogen and oxygen atoms in total. The normalized spacial score (nSPS) is 16.2. The second-order valence-corrected chi connectivity index (χ2v) is 15.7. The number of nitrogens with one attached hydrogen (secondary N) is 5. The van der Waals surface area contributed by atoms with Crippen molar-refractivity contribution in [3.63, 3.8) is 0 Å². The molecule has 2 saturated heterocycles. The highest BCUT2D eigenvalue weighted by Gasteiger charge is 2.23. The van der Waals surface area contributed by atoms with Crippen LogP contribution < -0.4 is 41.1 Å². The van der Waals surface area contributed by atoms with Crippen LogP contribution in [0.4, 0.5) is 44.7 Å². The van der Waals surface area contributed by atoms with Gasteiger partial charge in [-0.25, -0.2) is 24.3 Å². The number of methoxy groups -OCH3 is 1. The fourth-order valence-electron chi connectivity index (χ4n) is 7.92. The number of carbonyl (C=O) groups is 2. The van der Waals surface area contributed by atoms with Crippen molar-refractivity contribution in [1.29, 1.82) is 0 Å². The van der Waals surface area contributed by atoms with E-state index < -0.39 is 12.9 Å².